The molecule has 0 bridgehead atoms. The second kappa shape index (κ2) is 5.72. The van der Waals surface area contributed by atoms with Gasteiger partial charge in [-0.3, -0.25) is 0 Å². The molecule has 1 aromatic carbocycles. The summed E-state index contributed by atoms with van der Waals surface area (Å²) < 4.78 is 10.8. The Morgan fingerprint density at radius 3 is 2.67 bits per heavy atom. The lowest BCUT2D eigenvalue weighted by molar-refractivity contribution is -0.0160. The van der Waals surface area contributed by atoms with E-state index in [1.54, 1.807) is 7.11 Å². The smallest absolute Gasteiger partial charge is 0.122 e. The summed E-state index contributed by atoms with van der Waals surface area (Å²) in [5, 5.41) is 9.74. The summed E-state index contributed by atoms with van der Waals surface area (Å²) in [5.74, 6) is 0.917. The summed E-state index contributed by atoms with van der Waals surface area (Å²) in [6.07, 6.45) is 2.69. The third-order valence-corrected chi connectivity index (χ3v) is 3.89. The molecule has 3 heteroatoms. The van der Waals surface area contributed by atoms with E-state index >= 15 is 0 Å². The zero-order chi connectivity index (χ0) is 13.0. The Morgan fingerprint density at radius 2 is 2.06 bits per heavy atom. The lowest BCUT2D eigenvalue weighted by atomic mass is 9.75. The van der Waals surface area contributed by atoms with E-state index in [1.807, 2.05) is 6.07 Å². The highest BCUT2D eigenvalue weighted by Gasteiger charge is 2.33. The number of hydrogen-bond donors (Lipinski definition) is 1. The van der Waals surface area contributed by atoms with Crippen LogP contribution in [0.4, 0.5) is 0 Å². The molecular formula is C15H22O3. The van der Waals surface area contributed by atoms with Crippen LogP contribution in [0.2, 0.25) is 0 Å². The number of benzene rings is 1. The first-order valence-corrected chi connectivity index (χ1v) is 6.51. The van der Waals surface area contributed by atoms with Crippen molar-refractivity contribution in [3.63, 3.8) is 0 Å². The Morgan fingerprint density at radius 1 is 1.33 bits per heavy atom. The fourth-order valence-corrected chi connectivity index (χ4v) is 2.64. The van der Waals surface area contributed by atoms with Crippen LogP contribution in [-0.4, -0.2) is 32.0 Å². The van der Waals surface area contributed by atoms with Crippen LogP contribution in [0.1, 0.15) is 24.0 Å². The van der Waals surface area contributed by atoms with Crippen molar-refractivity contribution in [3.05, 3.63) is 29.3 Å². The normalized spacial score (nSPS) is 18.6. The molecular weight excluding hydrogens is 228 g/mol. The number of ether oxygens (including phenoxy) is 2. The predicted octanol–water partition coefficient (Wildman–Crippen LogP) is 2.34. The third kappa shape index (κ3) is 2.85. The minimum absolute atomic E-state index is 0.0423. The van der Waals surface area contributed by atoms with E-state index in [4.69, 9.17) is 9.47 Å². The molecule has 1 fully saturated rings. The Bertz CT molecular complexity index is 395. The van der Waals surface area contributed by atoms with Crippen molar-refractivity contribution in [2.45, 2.75) is 26.2 Å². The maximum atomic E-state index is 9.74. The zero-order valence-corrected chi connectivity index (χ0v) is 11.2. The molecule has 0 unspecified atom stereocenters. The van der Waals surface area contributed by atoms with Gasteiger partial charge in [-0.15, -0.1) is 0 Å². The number of aliphatic hydroxyl groups excluding tert-OH is 1. The second-order valence-corrected chi connectivity index (χ2v) is 5.26. The average molecular weight is 250 g/mol. The lowest BCUT2D eigenvalue weighted by Gasteiger charge is -2.36. The molecule has 0 amide bonds. The first-order valence-electron chi connectivity index (χ1n) is 6.51. The molecule has 0 aliphatic carbocycles. The van der Waals surface area contributed by atoms with Gasteiger partial charge in [0.25, 0.3) is 0 Å². The molecule has 2 rings (SSSR count). The molecule has 1 aliphatic rings. The van der Waals surface area contributed by atoms with Gasteiger partial charge in [-0.05, 0) is 37.8 Å². The molecule has 0 spiro atoms. The molecule has 1 saturated heterocycles. The molecule has 1 heterocycles. The fraction of sp³-hybridized carbons (Fsp3) is 0.600. The van der Waals surface area contributed by atoms with Crippen molar-refractivity contribution in [2.24, 2.45) is 5.41 Å². The van der Waals surface area contributed by atoms with Crippen molar-refractivity contribution in [1.29, 1.82) is 0 Å². The molecule has 0 atom stereocenters. The van der Waals surface area contributed by atoms with E-state index < -0.39 is 0 Å². The van der Waals surface area contributed by atoms with E-state index in [9.17, 15) is 5.11 Å². The topological polar surface area (TPSA) is 38.7 Å². The van der Waals surface area contributed by atoms with Gasteiger partial charge in [-0.25, -0.2) is 0 Å². The van der Waals surface area contributed by atoms with E-state index in [0.29, 0.717) is 0 Å². The zero-order valence-electron chi connectivity index (χ0n) is 11.2. The maximum Gasteiger partial charge on any atom is 0.122 e. The molecule has 100 valence electrons. The van der Waals surface area contributed by atoms with Crippen LogP contribution in [0.25, 0.3) is 0 Å². The van der Waals surface area contributed by atoms with Gasteiger partial charge in [0.15, 0.2) is 0 Å². The number of methoxy groups -OCH3 is 1. The largest absolute Gasteiger partial charge is 0.496 e. The minimum atomic E-state index is -0.0423. The Kier molecular flexibility index (Phi) is 4.25. The van der Waals surface area contributed by atoms with Gasteiger partial charge in [0.2, 0.25) is 0 Å². The van der Waals surface area contributed by atoms with E-state index in [1.165, 1.54) is 11.1 Å². The highest BCUT2D eigenvalue weighted by Crippen LogP contribution is 2.36. The molecule has 3 nitrogen and oxygen atoms in total. The number of aliphatic hydroxyl groups is 1. The second-order valence-electron chi connectivity index (χ2n) is 5.26. The highest BCUT2D eigenvalue weighted by molar-refractivity contribution is 5.37. The van der Waals surface area contributed by atoms with E-state index in [0.717, 1.165) is 38.2 Å². The van der Waals surface area contributed by atoms with Gasteiger partial charge in [-0.1, -0.05) is 17.7 Å². The summed E-state index contributed by atoms with van der Waals surface area (Å²) in [6.45, 7) is 3.79. The molecule has 1 aliphatic heterocycles. The van der Waals surface area contributed by atoms with E-state index in [2.05, 4.69) is 19.1 Å². The van der Waals surface area contributed by atoms with Crippen LogP contribution in [-0.2, 0) is 11.2 Å². The third-order valence-electron chi connectivity index (χ3n) is 3.89. The summed E-state index contributed by atoms with van der Waals surface area (Å²) in [4.78, 5) is 0. The van der Waals surface area contributed by atoms with Gasteiger partial charge in [0, 0.05) is 25.2 Å². The Hall–Kier alpha value is -1.06. The Balaban J connectivity index is 2.23. The van der Waals surface area contributed by atoms with Gasteiger partial charge in [-0.2, -0.15) is 0 Å². The first kappa shape index (κ1) is 13.4. The van der Waals surface area contributed by atoms with Crippen LogP contribution in [0.15, 0.2) is 18.2 Å². The SMILES string of the molecule is COc1ccc(C)cc1CC1(CO)CCOCC1. The summed E-state index contributed by atoms with van der Waals surface area (Å²) in [7, 11) is 1.70. The van der Waals surface area contributed by atoms with E-state index in [-0.39, 0.29) is 12.0 Å². The van der Waals surface area contributed by atoms with Crippen LogP contribution in [0.5, 0.6) is 5.75 Å². The standard InChI is InChI=1S/C15H22O3/c1-12-3-4-14(17-2)13(9-12)10-15(11-16)5-7-18-8-6-15/h3-4,9,16H,5-8,10-11H2,1-2H3. The molecule has 0 radical (unpaired) electrons. The summed E-state index contributed by atoms with van der Waals surface area (Å²) in [5.41, 5.74) is 2.37. The highest BCUT2D eigenvalue weighted by atomic mass is 16.5. The Labute approximate surface area is 109 Å². The molecule has 0 saturated carbocycles. The molecule has 1 aromatic rings. The number of hydrogen-bond acceptors (Lipinski definition) is 3. The fourth-order valence-electron chi connectivity index (χ4n) is 2.64. The lowest BCUT2D eigenvalue weighted by Crippen LogP contribution is -2.35. The van der Waals surface area contributed by atoms with Crippen LogP contribution in [0, 0.1) is 12.3 Å². The van der Waals surface area contributed by atoms with Gasteiger partial charge in [0.05, 0.1) is 7.11 Å². The maximum absolute atomic E-state index is 9.74. The van der Waals surface area contributed by atoms with Crippen LogP contribution < -0.4 is 4.74 Å². The average Bonchev–Trinajstić information content (AvgIpc) is 2.40. The van der Waals surface area contributed by atoms with Gasteiger partial charge in [0.1, 0.15) is 5.75 Å². The molecule has 0 aromatic heterocycles. The van der Waals surface area contributed by atoms with Crippen molar-refractivity contribution < 1.29 is 14.6 Å². The predicted molar refractivity (Wildman–Crippen MR) is 71.0 cm³/mol. The quantitative estimate of drug-likeness (QED) is 0.891. The van der Waals surface area contributed by atoms with Gasteiger partial charge < -0.3 is 14.6 Å². The monoisotopic (exact) mass is 250 g/mol. The first-order chi connectivity index (χ1) is 8.69. The molecule has 18 heavy (non-hydrogen) atoms. The summed E-state index contributed by atoms with van der Waals surface area (Å²) in [6, 6.07) is 6.22. The van der Waals surface area contributed by atoms with Crippen molar-refractivity contribution >= 4 is 0 Å². The molecule has 1 N–H and O–H groups in total. The van der Waals surface area contributed by atoms with Crippen LogP contribution >= 0.6 is 0 Å². The van der Waals surface area contributed by atoms with Crippen molar-refractivity contribution in [3.8, 4) is 5.75 Å². The van der Waals surface area contributed by atoms with Crippen molar-refractivity contribution in [2.75, 3.05) is 26.9 Å². The van der Waals surface area contributed by atoms with Gasteiger partial charge >= 0.3 is 0 Å². The number of aryl methyl sites for hydroxylation is 1. The van der Waals surface area contributed by atoms with Crippen LogP contribution in [0.3, 0.4) is 0 Å². The minimum Gasteiger partial charge on any atom is -0.496 e. The summed E-state index contributed by atoms with van der Waals surface area (Å²) >= 11 is 0. The van der Waals surface area contributed by atoms with Crippen molar-refractivity contribution in [1.82, 2.24) is 0 Å². The number of rotatable bonds is 4.